The molecular formula is C24H33N3O4S. The molecule has 2 aromatic rings. The molecule has 1 heterocycles. The molecule has 0 aromatic heterocycles. The minimum atomic E-state index is -3.68. The van der Waals surface area contributed by atoms with Crippen molar-refractivity contribution in [3.8, 4) is 5.75 Å². The average Bonchev–Trinajstić information content (AvgIpc) is 2.75. The van der Waals surface area contributed by atoms with E-state index < -0.39 is 10.0 Å². The molecule has 1 amide bonds. The number of sulfonamides is 1. The zero-order chi connectivity index (χ0) is 23.1. The Balaban J connectivity index is 1.32. The topological polar surface area (TPSA) is 102 Å². The van der Waals surface area contributed by atoms with Crippen LogP contribution in [0.3, 0.4) is 0 Å². The number of nitrogens with one attached hydrogen (secondary N) is 1. The van der Waals surface area contributed by atoms with Crippen LogP contribution in [0.4, 0.5) is 0 Å². The highest BCUT2D eigenvalue weighted by Gasteiger charge is 2.21. The van der Waals surface area contributed by atoms with Crippen LogP contribution in [-0.4, -0.2) is 51.5 Å². The number of benzene rings is 2. The van der Waals surface area contributed by atoms with Crippen molar-refractivity contribution in [2.45, 2.75) is 50.5 Å². The number of carbonyl (C=O) groups is 1. The Kier molecular flexibility index (Phi) is 8.28. The lowest BCUT2D eigenvalue weighted by atomic mass is 10.1. The standard InChI is InChI=1S/C24H33N3O4S/c1-18-3-4-19(2)23(17-18)31-21-10-14-27(15-11-21)16-12-24(28)26-13-9-20-5-7-22(8-6-20)32(25,29)30/h3-8,17,21H,9-16H2,1-2H3,(H,26,28)(H2,25,29,30). The van der Waals surface area contributed by atoms with Crippen molar-refractivity contribution in [1.82, 2.24) is 10.2 Å². The third-order valence-electron chi connectivity index (χ3n) is 5.81. The minimum Gasteiger partial charge on any atom is -0.490 e. The van der Waals surface area contributed by atoms with Gasteiger partial charge in [0, 0.05) is 32.6 Å². The van der Waals surface area contributed by atoms with Gasteiger partial charge in [0.2, 0.25) is 15.9 Å². The van der Waals surface area contributed by atoms with Crippen LogP contribution in [0.15, 0.2) is 47.4 Å². The van der Waals surface area contributed by atoms with E-state index in [9.17, 15) is 13.2 Å². The van der Waals surface area contributed by atoms with Crippen LogP contribution >= 0.6 is 0 Å². The van der Waals surface area contributed by atoms with Gasteiger partial charge in [-0.05, 0) is 68.0 Å². The van der Waals surface area contributed by atoms with Crippen molar-refractivity contribution in [1.29, 1.82) is 0 Å². The lowest BCUT2D eigenvalue weighted by Gasteiger charge is -2.32. The molecule has 2 aromatic carbocycles. The van der Waals surface area contributed by atoms with Crippen LogP contribution < -0.4 is 15.2 Å². The highest BCUT2D eigenvalue weighted by atomic mass is 32.2. The molecule has 3 N–H and O–H groups in total. The van der Waals surface area contributed by atoms with Gasteiger partial charge in [0.25, 0.3) is 0 Å². The number of piperidine rings is 1. The van der Waals surface area contributed by atoms with Crippen molar-refractivity contribution >= 4 is 15.9 Å². The zero-order valence-corrected chi connectivity index (χ0v) is 19.7. The fraction of sp³-hybridized carbons (Fsp3) is 0.458. The molecule has 8 heteroatoms. The fourth-order valence-corrected chi connectivity index (χ4v) is 4.32. The first kappa shape index (κ1) is 24.2. The Hall–Kier alpha value is -2.42. The molecule has 0 saturated carbocycles. The quantitative estimate of drug-likeness (QED) is 0.600. The summed E-state index contributed by atoms with van der Waals surface area (Å²) >= 11 is 0. The molecule has 0 aliphatic carbocycles. The summed E-state index contributed by atoms with van der Waals surface area (Å²) in [6.07, 6.45) is 3.25. The summed E-state index contributed by atoms with van der Waals surface area (Å²) in [5.41, 5.74) is 3.31. The average molecular weight is 460 g/mol. The number of carbonyl (C=O) groups excluding carboxylic acids is 1. The van der Waals surface area contributed by atoms with Crippen molar-refractivity contribution in [3.05, 3.63) is 59.2 Å². The second kappa shape index (κ2) is 10.9. The summed E-state index contributed by atoms with van der Waals surface area (Å²) in [6.45, 7) is 7.26. The Bertz CT molecular complexity index is 1010. The van der Waals surface area contributed by atoms with Crippen LogP contribution in [0, 0.1) is 13.8 Å². The first-order valence-electron chi connectivity index (χ1n) is 11.1. The van der Waals surface area contributed by atoms with Gasteiger partial charge in [-0.2, -0.15) is 0 Å². The molecule has 1 aliphatic rings. The van der Waals surface area contributed by atoms with Crippen LogP contribution in [0.5, 0.6) is 5.75 Å². The molecule has 1 saturated heterocycles. The molecule has 0 radical (unpaired) electrons. The van der Waals surface area contributed by atoms with Crippen molar-refractivity contribution in [2.24, 2.45) is 5.14 Å². The van der Waals surface area contributed by atoms with Crippen LogP contribution in [0.2, 0.25) is 0 Å². The summed E-state index contributed by atoms with van der Waals surface area (Å²) in [6, 6.07) is 12.7. The van der Waals surface area contributed by atoms with E-state index in [4.69, 9.17) is 9.88 Å². The molecule has 32 heavy (non-hydrogen) atoms. The zero-order valence-electron chi connectivity index (χ0n) is 18.8. The van der Waals surface area contributed by atoms with E-state index in [-0.39, 0.29) is 16.9 Å². The first-order chi connectivity index (χ1) is 15.2. The number of hydrogen-bond donors (Lipinski definition) is 2. The molecule has 7 nitrogen and oxygen atoms in total. The predicted molar refractivity (Wildman–Crippen MR) is 125 cm³/mol. The molecule has 0 atom stereocenters. The smallest absolute Gasteiger partial charge is 0.238 e. The molecule has 0 spiro atoms. The van der Waals surface area contributed by atoms with Crippen molar-refractivity contribution in [2.75, 3.05) is 26.2 Å². The fourth-order valence-electron chi connectivity index (χ4n) is 3.80. The molecule has 0 unspecified atom stereocenters. The van der Waals surface area contributed by atoms with Gasteiger partial charge in [-0.15, -0.1) is 0 Å². The Morgan fingerprint density at radius 3 is 2.47 bits per heavy atom. The number of primary sulfonamides is 1. The third kappa shape index (κ3) is 7.32. The number of ether oxygens (including phenoxy) is 1. The van der Waals surface area contributed by atoms with Gasteiger partial charge in [-0.1, -0.05) is 24.3 Å². The maximum atomic E-state index is 12.2. The van der Waals surface area contributed by atoms with E-state index in [0.29, 0.717) is 19.4 Å². The van der Waals surface area contributed by atoms with Crippen LogP contribution in [0.1, 0.15) is 36.0 Å². The molecular weight excluding hydrogens is 426 g/mol. The molecule has 1 aliphatic heterocycles. The normalized spacial score (nSPS) is 15.5. The largest absolute Gasteiger partial charge is 0.490 e. The minimum absolute atomic E-state index is 0.0277. The number of rotatable bonds is 9. The van der Waals surface area contributed by atoms with E-state index in [0.717, 1.165) is 49.4 Å². The van der Waals surface area contributed by atoms with Gasteiger partial charge in [-0.3, -0.25) is 4.79 Å². The van der Waals surface area contributed by atoms with Crippen molar-refractivity contribution < 1.29 is 17.9 Å². The maximum absolute atomic E-state index is 12.2. The van der Waals surface area contributed by atoms with Crippen LogP contribution in [-0.2, 0) is 21.2 Å². The van der Waals surface area contributed by atoms with E-state index in [1.807, 2.05) is 0 Å². The van der Waals surface area contributed by atoms with Gasteiger partial charge < -0.3 is 15.0 Å². The molecule has 174 valence electrons. The highest BCUT2D eigenvalue weighted by Crippen LogP contribution is 2.24. The lowest BCUT2D eigenvalue weighted by Crippen LogP contribution is -2.40. The number of aryl methyl sites for hydroxylation is 2. The summed E-state index contributed by atoms with van der Waals surface area (Å²) in [5.74, 6) is 1.00. The van der Waals surface area contributed by atoms with E-state index in [1.54, 1.807) is 12.1 Å². The number of nitrogens with zero attached hydrogens (tertiary/aromatic N) is 1. The number of hydrogen-bond acceptors (Lipinski definition) is 5. The summed E-state index contributed by atoms with van der Waals surface area (Å²) in [4.78, 5) is 14.6. The second-order valence-electron chi connectivity index (χ2n) is 8.47. The van der Waals surface area contributed by atoms with Gasteiger partial charge in [0.15, 0.2) is 0 Å². The SMILES string of the molecule is Cc1ccc(C)c(OC2CCN(CCC(=O)NCCc3ccc(S(N)(=O)=O)cc3)CC2)c1. The molecule has 1 fully saturated rings. The number of likely N-dealkylation sites (tertiary alicyclic amines) is 1. The predicted octanol–water partition coefficient (Wildman–Crippen LogP) is 2.54. The van der Waals surface area contributed by atoms with E-state index in [2.05, 4.69) is 42.3 Å². The summed E-state index contributed by atoms with van der Waals surface area (Å²) in [7, 11) is -3.68. The molecule has 3 rings (SSSR count). The van der Waals surface area contributed by atoms with Crippen molar-refractivity contribution in [3.63, 3.8) is 0 Å². The number of amides is 1. The first-order valence-corrected chi connectivity index (χ1v) is 12.6. The summed E-state index contributed by atoms with van der Waals surface area (Å²) in [5, 5.41) is 8.03. The van der Waals surface area contributed by atoms with Crippen LogP contribution in [0.25, 0.3) is 0 Å². The molecule has 0 bridgehead atoms. The van der Waals surface area contributed by atoms with Gasteiger partial charge in [0.05, 0.1) is 4.90 Å². The Morgan fingerprint density at radius 1 is 1.12 bits per heavy atom. The number of nitrogens with two attached hydrogens (primary N) is 1. The second-order valence-corrected chi connectivity index (χ2v) is 10.0. The van der Waals surface area contributed by atoms with E-state index in [1.165, 1.54) is 17.7 Å². The van der Waals surface area contributed by atoms with Gasteiger partial charge in [-0.25, -0.2) is 13.6 Å². The summed E-state index contributed by atoms with van der Waals surface area (Å²) < 4.78 is 28.8. The lowest BCUT2D eigenvalue weighted by molar-refractivity contribution is -0.121. The van der Waals surface area contributed by atoms with E-state index >= 15 is 0 Å². The third-order valence-corrected chi connectivity index (χ3v) is 6.74. The Morgan fingerprint density at radius 2 is 1.81 bits per heavy atom. The highest BCUT2D eigenvalue weighted by molar-refractivity contribution is 7.89. The Labute approximate surface area is 191 Å². The monoisotopic (exact) mass is 459 g/mol. The van der Waals surface area contributed by atoms with Gasteiger partial charge in [0.1, 0.15) is 11.9 Å². The van der Waals surface area contributed by atoms with Gasteiger partial charge >= 0.3 is 0 Å². The maximum Gasteiger partial charge on any atom is 0.238 e.